The van der Waals surface area contributed by atoms with Crippen LogP contribution in [0.15, 0.2) is 97.1 Å². The van der Waals surface area contributed by atoms with Gasteiger partial charge >= 0.3 is 11.9 Å². The molecule has 0 saturated heterocycles. The van der Waals surface area contributed by atoms with Crippen LogP contribution in [0.2, 0.25) is 0 Å². The third-order valence-electron chi connectivity index (χ3n) is 6.86. The Morgan fingerprint density at radius 2 is 1.09 bits per heavy atom. The minimum Gasteiger partial charge on any atom is -0.488 e. The fourth-order valence-electron chi connectivity index (χ4n) is 4.40. The van der Waals surface area contributed by atoms with Gasteiger partial charge in [-0.15, -0.1) is 0 Å². The van der Waals surface area contributed by atoms with E-state index < -0.39 is 24.1 Å². The van der Waals surface area contributed by atoms with Gasteiger partial charge < -0.3 is 23.7 Å². The van der Waals surface area contributed by atoms with E-state index in [0.29, 0.717) is 47.0 Å². The van der Waals surface area contributed by atoms with Crippen molar-refractivity contribution >= 4 is 33.5 Å². The Labute approximate surface area is 252 Å². The summed E-state index contributed by atoms with van der Waals surface area (Å²) in [5.74, 6) is 1.66. The van der Waals surface area contributed by atoms with E-state index in [2.05, 4.69) is 13.2 Å². The number of fused-ring (bicyclic) bond motifs is 2. The van der Waals surface area contributed by atoms with E-state index in [0.717, 1.165) is 21.5 Å². The summed E-state index contributed by atoms with van der Waals surface area (Å²) >= 11 is 0. The van der Waals surface area contributed by atoms with Gasteiger partial charge in [0, 0.05) is 32.7 Å². The second-order valence-corrected chi connectivity index (χ2v) is 10.4. The number of ether oxygens (including phenoxy) is 5. The molecule has 7 heteroatoms. The first kappa shape index (κ1) is 31.2. The average Bonchev–Trinajstić information content (AvgIpc) is 3.01. The maximum Gasteiger partial charge on any atom is 0.333 e. The standard InChI is InChI=1S/C36H38O7/c1-7-25(42-35(37)23(3)4)21-39-33-29-16-12-13-17-30(29)34(40-22-26(8-2)43-36(38)24(5)6)32-20-28(18-19-31(32)33)41-27-14-10-9-11-15-27/h9-20,25-26H,3,5,7-8,21-22H2,1-2,4,6H3. The molecule has 0 aromatic heterocycles. The average molecular weight is 583 g/mol. The van der Waals surface area contributed by atoms with Crippen LogP contribution >= 0.6 is 0 Å². The zero-order chi connectivity index (χ0) is 30.9. The van der Waals surface area contributed by atoms with E-state index in [4.69, 9.17) is 23.7 Å². The minimum absolute atomic E-state index is 0.146. The molecule has 0 spiro atoms. The lowest BCUT2D eigenvalue weighted by Gasteiger charge is -2.22. The fourth-order valence-corrected chi connectivity index (χ4v) is 4.40. The van der Waals surface area contributed by atoms with Crippen LogP contribution in [0.25, 0.3) is 21.5 Å². The summed E-state index contributed by atoms with van der Waals surface area (Å²) in [5.41, 5.74) is 0.666. The van der Waals surface area contributed by atoms with Gasteiger partial charge in [-0.05, 0) is 57.0 Å². The van der Waals surface area contributed by atoms with Crippen molar-refractivity contribution in [3.05, 3.63) is 97.1 Å². The molecule has 0 radical (unpaired) electrons. The van der Waals surface area contributed by atoms with Crippen molar-refractivity contribution in [2.24, 2.45) is 0 Å². The lowest BCUT2D eigenvalue weighted by Crippen LogP contribution is -2.25. The van der Waals surface area contributed by atoms with E-state index in [9.17, 15) is 9.59 Å². The molecule has 43 heavy (non-hydrogen) atoms. The molecular formula is C36H38O7. The Kier molecular flexibility index (Phi) is 10.4. The summed E-state index contributed by atoms with van der Waals surface area (Å²) in [5, 5.41) is 3.20. The highest BCUT2D eigenvalue weighted by Gasteiger charge is 2.22. The molecule has 2 unspecified atom stereocenters. The quantitative estimate of drug-likeness (QED) is 0.0840. The monoisotopic (exact) mass is 582 g/mol. The van der Waals surface area contributed by atoms with Crippen molar-refractivity contribution in [3.8, 4) is 23.0 Å². The Hall–Kier alpha value is -4.78. The molecule has 224 valence electrons. The molecule has 0 aliphatic carbocycles. The highest BCUT2D eigenvalue weighted by atomic mass is 16.6. The molecule has 0 aliphatic heterocycles. The van der Waals surface area contributed by atoms with Crippen molar-refractivity contribution in [1.29, 1.82) is 0 Å². The third kappa shape index (κ3) is 7.74. The van der Waals surface area contributed by atoms with Crippen molar-refractivity contribution in [2.45, 2.75) is 52.7 Å². The van der Waals surface area contributed by atoms with Gasteiger partial charge in [0.25, 0.3) is 0 Å². The van der Waals surface area contributed by atoms with Gasteiger partial charge in [-0.1, -0.05) is 69.5 Å². The van der Waals surface area contributed by atoms with Crippen LogP contribution in [0.4, 0.5) is 0 Å². The second kappa shape index (κ2) is 14.4. The van der Waals surface area contributed by atoms with Gasteiger partial charge in [-0.2, -0.15) is 0 Å². The number of esters is 2. The predicted octanol–water partition coefficient (Wildman–Crippen LogP) is 8.34. The molecule has 0 amide bonds. The molecule has 7 nitrogen and oxygen atoms in total. The molecule has 2 atom stereocenters. The van der Waals surface area contributed by atoms with E-state index in [1.165, 1.54) is 0 Å². The Morgan fingerprint density at radius 1 is 0.628 bits per heavy atom. The number of hydrogen-bond donors (Lipinski definition) is 0. The summed E-state index contributed by atoms with van der Waals surface area (Å²) in [4.78, 5) is 24.4. The molecule has 0 saturated carbocycles. The SMILES string of the molecule is C=C(C)C(=O)OC(CC)COc1c2ccccc2c(OCC(CC)OC(=O)C(=C)C)c2cc(Oc3ccccc3)ccc12. The topological polar surface area (TPSA) is 80.3 Å². The summed E-state index contributed by atoms with van der Waals surface area (Å²) in [6.45, 7) is 14.8. The van der Waals surface area contributed by atoms with Gasteiger partial charge in [-0.3, -0.25) is 0 Å². The van der Waals surface area contributed by atoms with Crippen LogP contribution in [-0.2, 0) is 19.1 Å². The molecule has 0 bridgehead atoms. The number of rotatable bonds is 14. The molecule has 0 heterocycles. The molecule has 4 rings (SSSR count). The summed E-state index contributed by atoms with van der Waals surface area (Å²) in [7, 11) is 0. The lowest BCUT2D eigenvalue weighted by atomic mass is 10.00. The van der Waals surface area contributed by atoms with Gasteiger partial charge in [0.05, 0.1) is 0 Å². The Morgan fingerprint density at radius 3 is 1.58 bits per heavy atom. The first-order valence-corrected chi connectivity index (χ1v) is 14.4. The molecule has 0 fully saturated rings. The van der Waals surface area contributed by atoms with E-state index in [-0.39, 0.29) is 13.2 Å². The van der Waals surface area contributed by atoms with Gasteiger partial charge in [-0.25, -0.2) is 9.59 Å². The van der Waals surface area contributed by atoms with Crippen LogP contribution in [0.3, 0.4) is 0 Å². The maximum atomic E-state index is 12.2. The maximum absolute atomic E-state index is 12.2. The fraction of sp³-hybridized carbons (Fsp3) is 0.278. The van der Waals surface area contributed by atoms with Crippen LogP contribution in [0.5, 0.6) is 23.0 Å². The Bertz CT molecular complexity index is 1620. The highest BCUT2D eigenvalue weighted by molar-refractivity contribution is 6.11. The van der Waals surface area contributed by atoms with Crippen molar-refractivity contribution in [2.75, 3.05) is 13.2 Å². The second-order valence-electron chi connectivity index (χ2n) is 10.4. The normalized spacial score (nSPS) is 12.3. The largest absolute Gasteiger partial charge is 0.488 e. The number of benzene rings is 4. The number of para-hydroxylation sites is 1. The molecular weight excluding hydrogens is 544 g/mol. The van der Waals surface area contributed by atoms with E-state index in [1.54, 1.807) is 13.8 Å². The first-order valence-electron chi connectivity index (χ1n) is 14.4. The summed E-state index contributed by atoms with van der Waals surface area (Å²) in [6.07, 6.45) is 0.223. The van der Waals surface area contributed by atoms with Gasteiger partial charge in [0.1, 0.15) is 48.4 Å². The third-order valence-corrected chi connectivity index (χ3v) is 6.86. The van der Waals surface area contributed by atoms with E-state index in [1.807, 2.05) is 86.6 Å². The van der Waals surface area contributed by atoms with Crippen LogP contribution in [0, 0.1) is 0 Å². The van der Waals surface area contributed by atoms with Crippen molar-refractivity contribution in [3.63, 3.8) is 0 Å². The summed E-state index contributed by atoms with van der Waals surface area (Å²) in [6, 6.07) is 23.0. The van der Waals surface area contributed by atoms with Crippen LogP contribution in [0.1, 0.15) is 40.5 Å². The van der Waals surface area contributed by atoms with Gasteiger partial charge in [0.2, 0.25) is 0 Å². The number of hydrogen-bond acceptors (Lipinski definition) is 7. The first-order chi connectivity index (χ1) is 20.7. The zero-order valence-corrected chi connectivity index (χ0v) is 25.2. The Balaban J connectivity index is 1.78. The molecule has 4 aromatic carbocycles. The van der Waals surface area contributed by atoms with Gasteiger partial charge in [0.15, 0.2) is 0 Å². The highest BCUT2D eigenvalue weighted by Crippen LogP contribution is 2.44. The minimum atomic E-state index is -0.467. The van der Waals surface area contributed by atoms with Crippen LogP contribution in [-0.4, -0.2) is 37.4 Å². The van der Waals surface area contributed by atoms with Crippen molar-refractivity contribution < 1.29 is 33.3 Å². The predicted molar refractivity (Wildman–Crippen MR) is 169 cm³/mol. The molecule has 0 aliphatic rings. The molecule has 4 aromatic rings. The zero-order valence-electron chi connectivity index (χ0n) is 25.2. The smallest absolute Gasteiger partial charge is 0.333 e. The van der Waals surface area contributed by atoms with E-state index >= 15 is 0 Å². The van der Waals surface area contributed by atoms with Crippen LogP contribution < -0.4 is 14.2 Å². The summed E-state index contributed by atoms with van der Waals surface area (Å²) < 4.78 is 30.2. The number of carbonyl (C=O) groups excluding carboxylic acids is 2. The van der Waals surface area contributed by atoms with Crippen molar-refractivity contribution in [1.82, 2.24) is 0 Å². The molecule has 0 N–H and O–H groups in total. The number of carbonyl (C=O) groups is 2. The lowest BCUT2D eigenvalue weighted by molar-refractivity contribution is -0.146.